The van der Waals surface area contributed by atoms with Gasteiger partial charge in [0, 0.05) is 5.56 Å². The van der Waals surface area contributed by atoms with E-state index < -0.39 is 0 Å². The van der Waals surface area contributed by atoms with Crippen molar-refractivity contribution in [3.63, 3.8) is 0 Å². The average Bonchev–Trinajstić information content (AvgIpc) is 2.98. The third kappa shape index (κ3) is 1.70. The highest BCUT2D eigenvalue weighted by Crippen LogP contribution is 2.26. The van der Waals surface area contributed by atoms with Crippen LogP contribution in [-0.2, 0) is 4.74 Å². The third-order valence-electron chi connectivity index (χ3n) is 3.24. The molecule has 0 amide bonds. The predicted octanol–water partition coefficient (Wildman–Crippen LogP) is 2.50. The van der Waals surface area contributed by atoms with Crippen molar-refractivity contribution in [1.82, 2.24) is 0 Å². The number of hydrogen-bond donors (Lipinski definition) is 0. The van der Waals surface area contributed by atoms with Crippen LogP contribution in [-0.4, -0.2) is 18.5 Å². The van der Waals surface area contributed by atoms with E-state index in [1.165, 1.54) is 11.1 Å². The smallest absolute Gasteiger partial charge is 0.194 e. The van der Waals surface area contributed by atoms with Crippen molar-refractivity contribution in [2.75, 3.05) is 6.61 Å². The Hall–Kier alpha value is -1.15. The highest BCUT2D eigenvalue weighted by molar-refractivity contribution is 6.03. The van der Waals surface area contributed by atoms with Gasteiger partial charge in [-0.1, -0.05) is 6.07 Å². The molecular weight excluding hydrogens is 188 g/mol. The molecule has 0 bridgehead atoms. The normalized spacial score (nSPS) is 19.1. The quantitative estimate of drug-likeness (QED) is 0.547. The largest absolute Gasteiger partial charge is 0.364 e. The second-order valence-electron chi connectivity index (χ2n) is 4.32. The van der Waals surface area contributed by atoms with Gasteiger partial charge >= 0.3 is 0 Å². The minimum Gasteiger partial charge on any atom is -0.364 e. The Labute approximate surface area is 90.3 Å². The van der Waals surface area contributed by atoms with Gasteiger partial charge in [-0.2, -0.15) is 0 Å². The van der Waals surface area contributed by atoms with Crippen molar-refractivity contribution >= 4 is 5.78 Å². The van der Waals surface area contributed by atoms with Crippen LogP contribution in [0.1, 0.15) is 32.6 Å². The zero-order valence-corrected chi connectivity index (χ0v) is 9.68. The molecule has 2 rings (SSSR count). The fraction of sp³-hybridized carbons (Fsp3) is 0.462. The molecule has 0 spiro atoms. The molecule has 0 aliphatic carbocycles. The number of ether oxygens (including phenoxy) is 1. The molecule has 1 fully saturated rings. The number of carbonyl (C=O) groups is 1. The zero-order valence-electron chi connectivity index (χ0n) is 9.68. The number of hydrogen-bond acceptors (Lipinski definition) is 2. The van der Waals surface area contributed by atoms with Gasteiger partial charge in [-0.05, 0) is 49.9 Å². The Kier molecular flexibility index (Phi) is 2.39. The van der Waals surface area contributed by atoms with Crippen LogP contribution in [0, 0.1) is 27.7 Å². The van der Waals surface area contributed by atoms with Crippen molar-refractivity contribution in [2.24, 2.45) is 0 Å². The van der Waals surface area contributed by atoms with E-state index in [1.807, 2.05) is 27.7 Å². The van der Waals surface area contributed by atoms with Crippen LogP contribution in [0.5, 0.6) is 0 Å². The molecule has 1 aliphatic rings. The van der Waals surface area contributed by atoms with Gasteiger partial charge in [0.2, 0.25) is 0 Å². The summed E-state index contributed by atoms with van der Waals surface area (Å²) in [4.78, 5) is 12.0. The minimum absolute atomic E-state index is 0.150. The van der Waals surface area contributed by atoms with Crippen molar-refractivity contribution < 1.29 is 9.53 Å². The summed E-state index contributed by atoms with van der Waals surface area (Å²) in [5.74, 6) is 0.150. The van der Waals surface area contributed by atoms with Gasteiger partial charge < -0.3 is 4.74 Å². The van der Waals surface area contributed by atoms with Gasteiger partial charge in [0.25, 0.3) is 0 Å². The van der Waals surface area contributed by atoms with E-state index in [9.17, 15) is 4.79 Å². The summed E-state index contributed by atoms with van der Waals surface area (Å²) in [5, 5.41) is 0. The van der Waals surface area contributed by atoms with Gasteiger partial charge in [-0.15, -0.1) is 0 Å². The summed E-state index contributed by atoms with van der Waals surface area (Å²) in [6, 6.07) is 2.13. The van der Waals surface area contributed by atoms with E-state index in [0.29, 0.717) is 6.61 Å². The number of carbonyl (C=O) groups excluding carboxylic acids is 1. The van der Waals surface area contributed by atoms with Crippen LogP contribution in [0.2, 0.25) is 0 Å². The topological polar surface area (TPSA) is 29.6 Å². The Balaban J connectivity index is 2.57. The molecule has 1 heterocycles. The molecule has 80 valence electrons. The first-order valence-corrected chi connectivity index (χ1v) is 5.25. The van der Waals surface area contributed by atoms with Crippen LogP contribution in [0.3, 0.4) is 0 Å². The number of aryl methyl sites for hydroxylation is 2. The van der Waals surface area contributed by atoms with Gasteiger partial charge in [0.15, 0.2) is 5.78 Å². The highest BCUT2D eigenvalue weighted by Gasteiger charge is 2.34. The van der Waals surface area contributed by atoms with Crippen LogP contribution < -0.4 is 0 Å². The molecule has 2 heteroatoms. The van der Waals surface area contributed by atoms with E-state index in [0.717, 1.165) is 16.7 Å². The maximum Gasteiger partial charge on any atom is 0.194 e. The van der Waals surface area contributed by atoms with Gasteiger partial charge in [-0.3, -0.25) is 4.79 Å². The third-order valence-corrected chi connectivity index (χ3v) is 3.24. The van der Waals surface area contributed by atoms with E-state index in [2.05, 4.69) is 6.07 Å². The summed E-state index contributed by atoms with van der Waals surface area (Å²) in [7, 11) is 0. The summed E-state index contributed by atoms with van der Waals surface area (Å²) in [6.45, 7) is 8.71. The molecule has 1 aromatic rings. The molecular formula is C13H16O2. The van der Waals surface area contributed by atoms with E-state index in [1.54, 1.807) is 0 Å². The molecule has 0 saturated carbocycles. The lowest BCUT2D eigenvalue weighted by Gasteiger charge is -2.13. The SMILES string of the molecule is Cc1cc(C)c(C)c(C(=O)C2CO2)c1C. The molecule has 15 heavy (non-hydrogen) atoms. The highest BCUT2D eigenvalue weighted by atomic mass is 16.6. The molecule has 2 nitrogen and oxygen atoms in total. The van der Waals surface area contributed by atoms with Gasteiger partial charge in [0.05, 0.1) is 6.61 Å². The second kappa shape index (κ2) is 3.46. The second-order valence-corrected chi connectivity index (χ2v) is 4.32. The summed E-state index contributed by atoms with van der Waals surface area (Å²) in [6.07, 6.45) is -0.177. The first-order chi connectivity index (χ1) is 7.02. The molecule has 0 radical (unpaired) electrons. The Morgan fingerprint density at radius 3 is 2.07 bits per heavy atom. The maximum atomic E-state index is 12.0. The van der Waals surface area contributed by atoms with Gasteiger partial charge in [-0.25, -0.2) is 0 Å². The molecule has 1 unspecified atom stereocenters. The minimum atomic E-state index is -0.177. The number of rotatable bonds is 2. The molecule has 1 aromatic carbocycles. The fourth-order valence-corrected chi connectivity index (χ4v) is 1.95. The van der Waals surface area contributed by atoms with E-state index >= 15 is 0 Å². The average molecular weight is 204 g/mol. The van der Waals surface area contributed by atoms with E-state index in [-0.39, 0.29) is 11.9 Å². The maximum absolute atomic E-state index is 12.0. The molecule has 1 atom stereocenters. The lowest BCUT2D eigenvalue weighted by atomic mass is 9.91. The van der Waals surface area contributed by atoms with Crippen molar-refractivity contribution in [1.29, 1.82) is 0 Å². The van der Waals surface area contributed by atoms with Crippen LogP contribution in [0.25, 0.3) is 0 Å². The molecule has 1 aliphatic heterocycles. The Bertz CT molecular complexity index is 402. The summed E-state index contributed by atoms with van der Waals surface area (Å²) in [5.41, 5.74) is 5.43. The molecule has 0 aromatic heterocycles. The first-order valence-electron chi connectivity index (χ1n) is 5.25. The number of Topliss-reactive ketones (excluding diaryl/α,β-unsaturated/α-hetero) is 1. The summed E-state index contributed by atoms with van der Waals surface area (Å²) < 4.78 is 5.06. The van der Waals surface area contributed by atoms with E-state index in [4.69, 9.17) is 4.74 Å². The zero-order chi connectivity index (χ0) is 11.2. The number of epoxide rings is 1. The molecule has 0 N–H and O–H groups in total. The van der Waals surface area contributed by atoms with Gasteiger partial charge in [0.1, 0.15) is 6.10 Å². The fourth-order valence-electron chi connectivity index (χ4n) is 1.95. The number of benzene rings is 1. The van der Waals surface area contributed by atoms with Crippen molar-refractivity contribution in [2.45, 2.75) is 33.8 Å². The lowest BCUT2D eigenvalue weighted by molar-refractivity contribution is 0.0952. The molecule has 1 saturated heterocycles. The summed E-state index contributed by atoms with van der Waals surface area (Å²) >= 11 is 0. The van der Waals surface area contributed by atoms with Crippen LogP contribution in [0.4, 0.5) is 0 Å². The Morgan fingerprint density at radius 2 is 1.67 bits per heavy atom. The predicted molar refractivity (Wildman–Crippen MR) is 59.5 cm³/mol. The standard InChI is InChI=1S/C13H16O2/c1-7-5-8(2)10(4)12(9(7)3)13(14)11-6-15-11/h5,11H,6H2,1-4H3. The van der Waals surface area contributed by atoms with Crippen molar-refractivity contribution in [3.05, 3.63) is 33.9 Å². The lowest BCUT2D eigenvalue weighted by Crippen LogP contribution is -2.13. The Morgan fingerprint density at radius 1 is 1.20 bits per heavy atom. The van der Waals surface area contributed by atoms with Crippen LogP contribution in [0.15, 0.2) is 6.07 Å². The van der Waals surface area contributed by atoms with Crippen molar-refractivity contribution in [3.8, 4) is 0 Å². The first kappa shape index (κ1) is 10.4. The van der Waals surface area contributed by atoms with Crippen LogP contribution >= 0.6 is 0 Å². The monoisotopic (exact) mass is 204 g/mol. The number of ketones is 1.